The van der Waals surface area contributed by atoms with E-state index in [1.807, 2.05) is 20.8 Å². The lowest BCUT2D eigenvalue weighted by molar-refractivity contribution is -0.131. The maximum Gasteiger partial charge on any atom is 0.315 e. The van der Waals surface area contributed by atoms with Gasteiger partial charge in [-0.3, -0.25) is 8.75 Å². The molecule has 1 heterocycles. The van der Waals surface area contributed by atoms with Gasteiger partial charge in [0, 0.05) is 29.9 Å². The molecule has 0 saturated heterocycles. The second kappa shape index (κ2) is 9.86. The molecule has 0 spiro atoms. The second-order valence-corrected chi connectivity index (χ2v) is 11.3. The summed E-state index contributed by atoms with van der Waals surface area (Å²) in [5.41, 5.74) is -0.0471. The molecule has 31 heavy (non-hydrogen) atoms. The van der Waals surface area contributed by atoms with Crippen molar-refractivity contribution in [1.82, 2.24) is 14.6 Å². The molecule has 0 bridgehead atoms. The Morgan fingerprint density at radius 2 is 2.00 bits per heavy atom. The van der Waals surface area contributed by atoms with Gasteiger partial charge in [0.15, 0.2) is 0 Å². The van der Waals surface area contributed by atoms with Crippen LogP contribution >= 0.6 is 11.5 Å². The smallest absolute Gasteiger partial charge is 0.315 e. The van der Waals surface area contributed by atoms with Gasteiger partial charge in [0.1, 0.15) is 4.67 Å². The summed E-state index contributed by atoms with van der Waals surface area (Å²) in [6.45, 7) is 14.8. The molecule has 7 nitrogen and oxygen atoms in total. The van der Waals surface area contributed by atoms with Gasteiger partial charge >= 0.3 is 6.03 Å². The van der Waals surface area contributed by atoms with Crippen LogP contribution < -0.4 is 15.3 Å². The van der Waals surface area contributed by atoms with Crippen molar-refractivity contribution in [3.63, 3.8) is 0 Å². The van der Waals surface area contributed by atoms with Gasteiger partial charge in [0.05, 0.1) is 12.0 Å². The number of hydrogen-bond donors (Lipinski definition) is 3. The van der Waals surface area contributed by atoms with Crippen molar-refractivity contribution >= 4 is 23.5 Å². The van der Waals surface area contributed by atoms with Gasteiger partial charge in [-0.05, 0) is 63.4 Å². The van der Waals surface area contributed by atoms with Crippen molar-refractivity contribution in [2.45, 2.75) is 92.2 Å². The molecular weight excluding hydrogens is 412 g/mol. The van der Waals surface area contributed by atoms with Crippen molar-refractivity contribution < 1.29 is 14.7 Å². The Balaban J connectivity index is 2.32. The van der Waals surface area contributed by atoms with Crippen LogP contribution in [0.25, 0.3) is 0 Å². The van der Waals surface area contributed by atoms with Gasteiger partial charge in [-0.1, -0.05) is 34.1 Å². The minimum absolute atomic E-state index is 0.0596. The van der Waals surface area contributed by atoms with Crippen LogP contribution in [0.2, 0.25) is 0 Å². The number of carbonyl (C=O) groups excluding carboxylic acids is 2. The van der Waals surface area contributed by atoms with Crippen molar-refractivity contribution in [2.24, 2.45) is 15.8 Å². The van der Waals surface area contributed by atoms with Crippen LogP contribution in [0.1, 0.15) is 79.7 Å². The van der Waals surface area contributed by atoms with E-state index >= 15 is 0 Å². The summed E-state index contributed by atoms with van der Waals surface area (Å²) >= 11 is 1.55. The number of urea groups is 1. The number of aromatic nitrogens is 1. The number of amides is 3. The Labute approximate surface area is 190 Å². The standard InChI is InChI=1S/C23H40N4O3S/c1-8-9-10-16-15-27(21(2,3)4)31-18(16)26-19(29)23(7)12-11-17(22(23,5)6)25-20(30)24-13-14-28/h15,17,28H,8-14H2,1-7H3,(H2,24,25,30)/b26-18-/t17-,23-/m0/s1. The number of rotatable bonds is 7. The predicted octanol–water partition coefficient (Wildman–Crippen LogP) is 3.56. The molecule has 1 aliphatic rings. The highest BCUT2D eigenvalue weighted by molar-refractivity contribution is 7.04. The van der Waals surface area contributed by atoms with E-state index in [0.717, 1.165) is 29.5 Å². The fourth-order valence-corrected chi connectivity index (χ4v) is 5.10. The first kappa shape index (κ1) is 25.6. The maximum absolute atomic E-state index is 13.5. The summed E-state index contributed by atoms with van der Waals surface area (Å²) < 4.78 is 2.99. The van der Waals surface area contributed by atoms with E-state index in [-0.39, 0.29) is 36.7 Å². The average Bonchev–Trinajstić information content (AvgIpc) is 3.19. The van der Waals surface area contributed by atoms with E-state index in [1.54, 1.807) is 11.5 Å². The van der Waals surface area contributed by atoms with Crippen LogP contribution in [-0.2, 0) is 16.8 Å². The molecular formula is C23H40N4O3S. The van der Waals surface area contributed by atoms with Crippen LogP contribution in [0.3, 0.4) is 0 Å². The Hall–Kier alpha value is -1.67. The summed E-state index contributed by atoms with van der Waals surface area (Å²) in [4.78, 5) is 30.3. The molecule has 2 atom stereocenters. The first-order valence-electron chi connectivity index (χ1n) is 11.3. The largest absolute Gasteiger partial charge is 0.395 e. The maximum atomic E-state index is 13.5. The number of nitrogens with one attached hydrogen (secondary N) is 2. The monoisotopic (exact) mass is 452 g/mol. The molecule has 0 aromatic carbocycles. The van der Waals surface area contributed by atoms with Gasteiger partial charge in [-0.2, -0.15) is 0 Å². The Kier molecular flexibility index (Phi) is 8.14. The van der Waals surface area contributed by atoms with Crippen LogP contribution in [-0.4, -0.2) is 40.2 Å². The summed E-state index contributed by atoms with van der Waals surface area (Å²) in [7, 11) is 0. The van der Waals surface area contributed by atoms with Gasteiger partial charge in [-0.25, -0.2) is 9.79 Å². The molecule has 1 aromatic heterocycles. The van der Waals surface area contributed by atoms with Crippen molar-refractivity contribution in [3.8, 4) is 0 Å². The molecule has 3 N–H and O–H groups in total. The van der Waals surface area contributed by atoms with Crippen LogP contribution in [0, 0.1) is 10.8 Å². The van der Waals surface area contributed by atoms with Crippen molar-refractivity contribution in [2.75, 3.05) is 13.2 Å². The van der Waals surface area contributed by atoms with E-state index in [4.69, 9.17) is 5.11 Å². The number of aryl methyl sites for hydroxylation is 1. The van der Waals surface area contributed by atoms with Gasteiger partial charge < -0.3 is 15.7 Å². The van der Waals surface area contributed by atoms with E-state index in [1.165, 1.54) is 0 Å². The molecule has 1 aromatic rings. The zero-order valence-corrected chi connectivity index (χ0v) is 21.0. The van der Waals surface area contributed by atoms with Crippen molar-refractivity contribution in [1.29, 1.82) is 0 Å². The van der Waals surface area contributed by atoms with Crippen LogP contribution in [0.4, 0.5) is 4.79 Å². The Bertz CT molecular complexity index is 850. The number of nitrogens with zero attached hydrogens (tertiary/aromatic N) is 2. The highest BCUT2D eigenvalue weighted by Gasteiger charge is 2.56. The average molecular weight is 453 g/mol. The molecule has 1 saturated carbocycles. The van der Waals surface area contributed by atoms with Gasteiger partial charge in [0.25, 0.3) is 5.91 Å². The predicted molar refractivity (Wildman–Crippen MR) is 125 cm³/mol. The molecule has 2 rings (SSSR count). The molecule has 176 valence electrons. The molecule has 0 aliphatic heterocycles. The topological polar surface area (TPSA) is 95.7 Å². The van der Waals surface area contributed by atoms with E-state index < -0.39 is 10.8 Å². The van der Waals surface area contributed by atoms with Crippen molar-refractivity contribution in [3.05, 3.63) is 16.4 Å². The fraction of sp³-hybridized carbons (Fsp3) is 0.783. The quantitative estimate of drug-likeness (QED) is 0.590. The fourth-order valence-electron chi connectivity index (χ4n) is 4.07. The molecule has 1 aliphatic carbocycles. The minimum atomic E-state index is -0.666. The minimum Gasteiger partial charge on any atom is -0.395 e. The van der Waals surface area contributed by atoms with Gasteiger partial charge in [-0.15, -0.1) is 0 Å². The first-order chi connectivity index (χ1) is 14.4. The summed E-state index contributed by atoms with van der Waals surface area (Å²) in [5.74, 6) is -0.113. The highest BCUT2D eigenvalue weighted by atomic mass is 32.1. The third-order valence-corrected chi connectivity index (χ3v) is 8.17. The molecule has 8 heteroatoms. The zero-order valence-electron chi connectivity index (χ0n) is 20.2. The Morgan fingerprint density at radius 1 is 1.32 bits per heavy atom. The zero-order chi connectivity index (χ0) is 23.4. The number of aliphatic hydroxyl groups excluding tert-OH is 1. The third kappa shape index (κ3) is 5.58. The lowest BCUT2D eigenvalue weighted by Gasteiger charge is -2.39. The van der Waals surface area contributed by atoms with E-state index in [2.05, 4.69) is 53.5 Å². The Morgan fingerprint density at radius 3 is 2.58 bits per heavy atom. The summed E-state index contributed by atoms with van der Waals surface area (Å²) in [6.07, 6.45) is 6.60. The van der Waals surface area contributed by atoms with Gasteiger partial charge in [0.2, 0.25) is 0 Å². The number of aliphatic hydroxyl groups is 1. The van der Waals surface area contributed by atoms with Crippen LogP contribution in [0.15, 0.2) is 11.2 Å². The lowest BCUT2D eigenvalue weighted by Crippen LogP contribution is -2.51. The molecule has 1 fully saturated rings. The number of unbranched alkanes of at least 4 members (excludes halogenated alkanes) is 1. The highest BCUT2D eigenvalue weighted by Crippen LogP contribution is 2.53. The third-order valence-electron chi connectivity index (χ3n) is 6.80. The number of hydrogen-bond acceptors (Lipinski definition) is 4. The normalized spacial score (nSPS) is 23.7. The lowest BCUT2D eigenvalue weighted by atomic mass is 9.67. The summed E-state index contributed by atoms with van der Waals surface area (Å²) in [6, 6.07) is -0.454. The summed E-state index contributed by atoms with van der Waals surface area (Å²) in [5, 5.41) is 14.5. The molecule has 0 radical (unpaired) electrons. The van der Waals surface area contributed by atoms with Crippen LogP contribution in [0.5, 0.6) is 0 Å². The van der Waals surface area contributed by atoms with E-state index in [0.29, 0.717) is 12.8 Å². The number of carbonyl (C=O) groups is 2. The molecule has 3 amide bonds. The molecule has 0 unspecified atom stereocenters. The first-order valence-corrected chi connectivity index (χ1v) is 12.1. The second-order valence-electron chi connectivity index (χ2n) is 10.3. The van der Waals surface area contributed by atoms with E-state index in [9.17, 15) is 9.59 Å². The SMILES string of the molecule is CCCCc1cn(C(C)(C)C)s/c1=N\C(=O)[C@]1(C)CC[C@H](NC(=O)NCCO)C1(C)C.